The molecule has 16 heavy (non-hydrogen) atoms. The lowest BCUT2D eigenvalue weighted by Crippen LogP contribution is -2.19. The standard InChI is InChI=1S/C13H20N2O/c1-15(2)7-8-16-11-4-5-12-10(9-11)3-6-13(12)14/h4-5,9,13H,3,6-8,14H2,1-2H3. The molecule has 0 bridgehead atoms. The third-order valence-corrected chi connectivity index (χ3v) is 3.05. The molecule has 0 heterocycles. The van der Waals surface area contributed by atoms with Crippen molar-refractivity contribution in [2.24, 2.45) is 5.73 Å². The van der Waals surface area contributed by atoms with Crippen molar-refractivity contribution in [3.8, 4) is 5.75 Å². The van der Waals surface area contributed by atoms with Crippen LogP contribution >= 0.6 is 0 Å². The number of likely N-dealkylation sites (N-methyl/N-ethyl adjacent to an activating group) is 1. The molecule has 1 aromatic carbocycles. The maximum absolute atomic E-state index is 5.99. The Hall–Kier alpha value is -1.06. The number of hydrogen-bond acceptors (Lipinski definition) is 3. The molecule has 1 aromatic rings. The summed E-state index contributed by atoms with van der Waals surface area (Å²) in [5.74, 6) is 0.967. The molecule has 1 aliphatic rings. The third kappa shape index (κ3) is 2.54. The molecule has 0 radical (unpaired) electrons. The number of hydrogen-bond donors (Lipinski definition) is 1. The lowest BCUT2D eigenvalue weighted by Gasteiger charge is -2.12. The summed E-state index contributed by atoms with van der Waals surface area (Å²) in [6, 6.07) is 6.50. The fourth-order valence-corrected chi connectivity index (χ4v) is 2.06. The summed E-state index contributed by atoms with van der Waals surface area (Å²) in [6.45, 7) is 1.68. The molecular weight excluding hydrogens is 200 g/mol. The number of benzene rings is 1. The van der Waals surface area contributed by atoms with Gasteiger partial charge in [-0.1, -0.05) is 6.07 Å². The summed E-state index contributed by atoms with van der Waals surface area (Å²) >= 11 is 0. The average Bonchev–Trinajstić information content (AvgIpc) is 2.60. The number of rotatable bonds is 4. The molecule has 2 rings (SSSR count). The predicted molar refractivity (Wildman–Crippen MR) is 65.7 cm³/mol. The van der Waals surface area contributed by atoms with Crippen LogP contribution in [-0.4, -0.2) is 32.1 Å². The van der Waals surface area contributed by atoms with Crippen molar-refractivity contribution >= 4 is 0 Å². The van der Waals surface area contributed by atoms with E-state index in [-0.39, 0.29) is 6.04 Å². The van der Waals surface area contributed by atoms with Gasteiger partial charge in [0.25, 0.3) is 0 Å². The van der Waals surface area contributed by atoms with E-state index in [0.717, 1.165) is 31.7 Å². The molecule has 0 saturated carbocycles. The van der Waals surface area contributed by atoms with Gasteiger partial charge in [0.1, 0.15) is 12.4 Å². The summed E-state index contributed by atoms with van der Waals surface area (Å²) in [4.78, 5) is 2.11. The average molecular weight is 220 g/mol. The molecule has 0 saturated heterocycles. The molecule has 1 atom stereocenters. The molecule has 88 valence electrons. The van der Waals surface area contributed by atoms with Gasteiger partial charge in [-0.3, -0.25) is 0 Å². The van der Waals surface area contributed by atoms with E-state index >= 15 is 0 Å². The van der Waals surface area contributed by atoms with Gasteiger partial charge in [-0.05, 0) is 50.2 Å². The van der Waals surface area contributed by atoms with Gasteiger partial charge in [0.2, 0.25) is 0 Å². The lowest BCUT2D eigenvalue weighted by atomic mass is 10.1. The van der Waals surface area contributed by atoms with E-state index in [9.17, 15) is 0 Å². The Bertz CT molecular complexity index is 363. The highest BCUT2D eigenvalue weighted by atomic mass is 16.5. The minimum Gasteiger partial charge on any atom is -0.492 e. The second kappa shape index (κ2) is 4.85. The van der Waals surface area contributed by atoms with Gasteiger partial charge >= 0.3 is 0 Å². The van der Waals surface area contributed by atoms with Crippen LogP contribution in [0.3, 0.4) is 0 Å². The Kier molecular flexibility index (Phi) is 3.46. The van der Waals surface area contributed by atoms with Crippen LogP contribution in [0.25, 0.3) is 0 Å². The van der Waals surface area contributed by atoms with Crippen molar-refractivity contribution in [1.29, 1.82) is 0 Å². The van der Waals surface area contributed by atoms with E-state index in [1.165, 1.54) is 11.1 Å². The van der Waals surface area contributed by atoms with E-state index in [4.69, 9.17) is 10.5 Å². The van der Waals surface area contributed by atoms with Gasteiger partial charge in [0.15, 0.2) is 0 Å². The Morgan fingerprint density at radius 1 is 1.44 bits per heavy atom. The molecule has 2 N–H and O–H groups in total. The van der Waals surface area contributed by atoms with Gasteiger partial charge in [-0.2, -0.15) is 0 Å². The van der Waals surface area contributed by atoms with Crippen molar-refractivity contribution in [2.75, 3.05) is 27.2 Å². The SMILES string of the molecule is CN(C)CCOc1ccc2c(c1)CCC2N. The van der Waals surface area contributed by atoms with Crippen LogP contribution in [0.2, 0.25) is 0 Å². The van der Waals surface area contributed by atoms with Crippen LogP contribution < -0.4 is 10.5 Å². The first-order valence-corrected chi connectivity index (χ1v) is 5.83. The molecule has 0 fully saturated rings. The minimum atomic E-state index is 0.228. The van der Waals surface area contributed by atoms with Crippen molar-refractivity contribution in [3.05, 3.63) is 29.3 Å². The highest BCUT2D eigenvalue weighted by Crippen LogP contribution is 2.31. The second-order valence-corrected chi connectivity index (χ2v) is 4.66. The third-order valence-electron chi connectivity index (χ3n) is 3.05. The molecule has 1 unspecified atom stereocenters. The Balaban J connectivity index is 1.97. The molecular formula is C13H20N2O. The van der Waals surface area contributed by atoms with Crippen LogP contribution in [0.1, 0.15) is 23.6 Å². The Morgan fingerprint density at radius 3 is 3.00 bits per heavy atom. The quantitative estimate of drug-likeness (QED) is 0.837. The first-order valence-electron chi connectivity index (χ1n) is 5.83. The van der Waals surface area contributed by atoms with Crippen LogP contribution in [-0.2, 0) is 6.42 Å². The molecule has 3 nitrogen and oxygen atoms in total. The summed E-state index contributed by atoms with van der Waals surface area (Å²) < 4.78 is 5.69. The van der Waals surface area contributed by atoms with Gasteiger partial charge in [0, 0.05) is 12.6 Å². The van der Waals surface area contributed by atoms with Gasteiger partial charge in [-0.25, -0.2) is 0 Å². The van der Waals surface area contributed by atoms with E-state index in [0.29, 0.717) is 0 Å². The van der Waals surface area contributed by atoms with Crippen LogP contribution in [0, 0.1) is 0 Å². The smallest absolute Gasteiger partial charge is 0.119 e. The zero-order chi connectivity index (χ0) is 11.5. The van der Waals surface area contributed by atoms with Crippen LogP contribution in [0.15, 0.2) is 18.2 Å². The summed E-state index contributed by atoms with van der Waals surface area (Å²) in [5.41, 5.74) is 8.64. The largest absolute Gasteiger partial charge is 0.492 e. The second-order valence-electron chi connectivity index (χ2n) is 4.66. The molecule has 0 amide bonds. The molecule has 0 aromatic heterocycles. The first-order chi connectivity index (χ1) is 7.66. The number of aryl methyl sites for hydroxylation is 1. The van der Waals surface area contributed by atoms with E-state index in [1.807, 2.05) is 20.2 Å². The number of nitrogens with two attached hydrogens (primary N) is 1. The number of ether oxygens (including phenoxy) is 1. The van der Waals surface area contributed by atoms with Crippen molar-refractivity contribution in [2.45, 2.75) is 18.9 Å². The van der Waals surface area contributed by atoms with Crippen LogP contribution in [0.5, 0.6) is 5.75 Å². The van der Waals surface area contributed by atoms with Gasteiger partial charge in [0.05, 0.1) is 0 Å². The molecule has 0 spiro atoms. The predicted octanol–water partition coefficient (Wildman–Crippen LogP) is 1.57. The Morgan fingerprint density at radius 2 is 2.25 bits per heavy atom. The highest BCUT2D eigenvalue weighted by Gasteiger charge is 2.18. The topological polar surface area (TPSA) is 38.5 Å². The normalized spacial score (nSPS) is 18.9. The maximum Gasteiger partial charge on any atom is 0.119 e. The van der Waals surface area contributed by atoms with E-state index in [2.05, 4.69) is 17.0 Å². The van der Waals surface area contributed by atoms with Gasteiger partial charge in [-0.15, -0.1) is 0 Å². The van der Waals surface area contributed by atoms with Gasteiger partial charge < -0.3 is 15.4 Å². The zero-order valence-corrected chi connectivity index (χ0v) is 10.1. The fourth-order valence-electron chi connectivity index (χ4n) is 2.06. The zero-order valence-electron chi connectivity index (χ0n) is 10.1. The summed E-state index contributed by atoms with van der Waals surface area (Å²) in [5, 5.41) is 0. The highest BCUT2D eigenvalue weighted by molar-refractivity contribution is 5.40. The Labute approximate surface area is 97.2 Å². The van der Waals surface area contributed by atoms with Crippen molar-refractivity contribution < 1.29 is 4.74 Å². The van der Waals surface area contributed by atoms with Crippen molar-refractivity contribution in [1.82, 2.24) is 4.90 Å². The molecule has 0 aliphatic heterocycles. The van der Waals surface area contributed by atoms with E-state index in [1.54, 1.807) is 0 Å². The monoisotopic (exact) mass is 220 g/mol. The van der Waals surface area contributed by atoms with Crippen molar-refractivity contribution in [3.63, 3.8) is 0 Å². The maximum atomic E-state index is 5.99. The van der Waals surface area contributed by atoms with E-state index < -0.39 is 0 Å². The molecule has 1 aliphatic carbocycles. The number of fused-ring (bicyclic) bond motifs is 1. The lowest BCUT2D eigenvalue weighted by molar-refractivity contribution is 0.261. The van der Waals surface area contributed by atoms with Crippen LogP contribution in [0.4, 0.5) is 0 Å². The number of nitrogens with zero attached hydrogens (tertiary/aromatic N) is 1. The first kappa shape index (κ1) is 11.4. The fraction of sp³-hybridized carbons (Fsp3) is 0.538. The minimum absolute atomic E-state index is 0.228. The summed E-state index contributed by atoms with van der Waals surface area (Å²) in [6.07, 6.45) is 2.15. The molecule has 3 heteroatoms. The summed E-state index contributed by atoms with van der Waals surface area (Å²) in [7, 11) is 4.09.